The van der Waals surface area contributed by atoms with E-state index in [1.165, 1.54) is 13.2 Å². The van der Waals surface area contributed by atoms with Gasteiger partial charge < -0.3 is 19.5 Å². The van der Waals surface area contributed by atoms with Crippen molar-refractivity contribution < 1.29 is 28.6 Å². The van der Waals surface area contributed by atoms with Crippen LogP contribution in [0.4, 0.5) is 4.79 Å². The van der Waals surface area contributed by atoms with Gasteiger partial charge in [0, 0.05) is 15.6 Å². The summed E-state index contributed by atoms with van der Waals surface area (Å²) in [7, 11) is 1.18. The highest BCUT2D eigenvalue weighted by Crippen LogP contribution is 2.38. The van der Waals surface area contributed by atoms with Crippen LogP contribution in [-0.4, -0.2) is 43.1 Å². The minimum atomic E-state index is -0.708. The molecule has 1 aliphatic heterocycles. The summed E-state index contributed by atoms with van der Waals surface area (Å²) in [5, 5.41) is 3.45. The minimum Gasteiger partial charge on any atom is -0.490 e. The second-order valence-corrected chi connectivity index (χ2v) is 8.44. The highest BCUT2D eigenvalue weighted by molar-refractivity contribution is 9.10. The number of nitrogens with one attached hydrogen (secondary N) is 1. The first-order valence-corrected chi connectivity index (χ1v) is 11.2. The van der Waals surface area contributed by atoms with Crippen LogP contribution in [0, 0.1) is 0 Å². The second-order valence-electron chi connectivity index (χ2n) is 6.74. The van der Waals surface area contributed by atoms with Crippen molar-refractivity contribution in [1.82, 2.24) is 10.2 Å². The monoisotopic (exact) mass is 556 g/mol. The maximum atomic E-state index is 12.5. The molecule has 0 saturated carbocycles. The van der Waals surface area contributed by atoms with Gasteiger partial charge in [-0.2, -0.15) is 0 Å². The molecule has 2 aromatic carbocycles. The first kappa shape index (κ1) is 24.9. The number of rotatable bonds is 8. The summed E-state index contributed by atoms with van der Waals surface area (Å²) in [5.74, 6) is -0.480. The molecule has 174 valence electrons. The van der Waals surface area contributed by atoms with Gasteiger partial charge >= 0.3 is 12.0 Å². The topological polar surface area (TPSA) is 94.2 Å². The number of esters is 1. The number of hydrogen-bond donors (Lipinski definition) is 1. The van der Waals surface area contributed by atoms with Gasteiger partial charge in [0.15, 0.2) is 11.5 Å². The van der Waals surface area contributed by atoms with E-state index >= 15 is 0 Å². The molecule has 1 fully saturated rings. The molecule has 3 rings (SSSR count). The lowest BCUT2D eigenvalue weighted by atomic mass is 10.1. The lowest BCUT2D eigenvalue weighted by Gasteiger charge is -2.15. The van der Waals surface area contributed by atoms with Crippen LogP contribution < -0.4 is 14.8 Å². The molecule has 0 unspecified atom stereocenters. The molecule has 1 saturated heterocycles. The Kier molecular flexibility index (Phi) is 8.23. The van der Waals surface area contributed by atoms with E-state index in [0.29, 0.717) is 38.2 Å². The molecule has 2 aromatic rings. The number of amides is 3. The zero-order valence-corrected chi connectivity index (χ0v) is 20.7. The number of methoxy groups -OCH3 is 1. The molecule has 0 atom stereocenters. The molecular formula is C22H19BrCl2N2O6. The summed E-state index contributed by atoms with van der Waals surface area (Å²) in [6.07, 6.45) is 1.48. The molecule has 0 aromatic heterocycles. The van der Waals surface area contributed by atoms with E-state index in [-0.39, 0.29) is 12.3 Å². The van der Waals surface area contributed by atoms with Gasteiger partial charge in [0.25, 0.3) is 5.91 Å². The normalized spacial score (nSPS) is 14.5. The van der Waals surface area contributed by atoms with Crippen molar-refractivity contribution in [2.24, 2.45) is 0 Å². The number of urea groups is 1. The van der Waals surface area contributed by atoms with Gasteiger partial charge in [0.2, 0.25) is 0 Å². The predicted molar refractivity (Wildman–Crippen MR) is 126 cm³/mol. The predicted octanol–water partition coefficient (Wildman–Crippen LogP) is 4.80. The third-order valence-corrected chi connectivity index (χ3v) is 5.68. The molecule has 11 heteroatoms. The number of hydrogen-bond acceptors (Lipinski definition) is 6. The molecule has 0 aliphatic carbocycles. The molecule has 0 spiro atoms. The molecule has 33 heavy (non-hydrogen) atoms. The van der Waals surface area contributed by atoms with Gasteiger partial charge in [0.05, 0.1) is 18.2 Å². The number of carbonyl (C=O) groups excluding carboxylic acids is 3. The van der Waals surface area contributed by atoms with Crippen LogP contribution in [0.3, 0.4) is 0 Å². The summed E-state index contributed by atoms with van der Waals surface area (Å²) in [4.78, 5) is 36.8. The van der Waals surface area contributed by atoms with Gasteiger partial charge in [-0.1, -0.05) is 29.3 Å². The Labute approximate surface area is 208 Å². The smallest absolute Gasteiger partial charge is 0.329 e. The van der Waals surface area contributed by atoms with Crippen molar-refractivity contribution in [3.63, 3.8) is 0 Å². The average molecular weight is 558 g/mol. The van der Waals surface area contributed by atoms with Crippen molar-refractivity contribution in [3.05, 3.63) is 61.7 Å². The standard InChI is InChI=1S/C22H19BrCl2N2O6/c1-3-32-18-8-12(7-17-21(29)27(22(30)26-17)10-19(28)31-2)6-15(23)20(18)33-11-13-4-5-14(24)9-16(13)25/h4-9H,3,10-11H2,1-2H3,(H,26,30)/b17-7+. The second kappa shape index (κ2) is 10.9. The molecule has 0 radical (unpaired) electrons. The van der Waals surface area contributed by atoms with Crippen LogP contribution in [0.25, 0.3) is 6.08 Å². The van der Waals surface area contributed by atoms with Crippen LogP contribution in [0.15, 0.2) is 40.5 Å². The Morgan fingerprint density at radius 2 is 1.94 bits per heavy atom. The van der Waals surface area contributed by atoms with E-state index in [1.54, 1.807) is 30.3 Å². The summed E-state index contributed by atoms with van der Waals surface area (Å²) in [6.45, 7) is 1.88. The summed E-state index contributed by atoms with van der Waals surface area (Å²) in [6, 6.07) is 7.79. The minimum absolute atomic E-state index is 0.0138. The molecular weight excluding hydrogens is 539 g/mol. The number of halogens is 3. The Bertz CT molecular complexity index is 1140. The zero-order valence-electron chi connectivity index (χ0n) is 17.6. The Morgan fingerprint density at radius 1 is 1.18 bits per heavy atom. The van der Waals surface area contributed by atoms with Crippen LogP contribution in [-0.2, 0) is 20.9 Å². The lowest BCUT2D eigenvalue weighted by Crippen LogP contribution is -2.36. The maximum Gasteiger partial charge on any atom is 0.329 e. The van der Waals surface area contributed by atoms with Gasteiger partial charge in [-0.15, -0.1) is 0 Å². The van der Waals surface area contributed by atoms with E-state index in [1.807, 2.05) is 6.92 Å². The van der Waals surface area contributed by atoms with Crippen molar-refractivity contribution in [3.8, 4) is 11.5 Å². The molecule has 3 amide bonds. The average Bonchev–Trinajstić information content (AvgIpc) is 3.01. The fraction of sp³-hybridized carbons (Fsp3) is 0.227. The molecule has 1 N–H and O–H groups in total. The van der Waals surface area contributed by atoms with E-state index < -0.39 is 24.5 Å². The summed E-state index contributed by atoms with van der Waals surface area (Å²) in [5.41, 5.74) is 1.32. The summed E-state index contributed by atoms with van der Waals surface area (Å²) >= 11 is 15.6. The quantitative estimate of drug-likeness (QED) is 0.285. The fourth-order valence-electron chi connectivity index (χ4n) is 2.94. The fourth-order valence-corrected chi connectivity index (χ4v) is 3.98. The highest BCUT2D eigenvalue weighted by atomic mass is 79.9. The molecule has 1 heterocycles. The first-order chi connectivity index (χ1) is 15.7. The van der Waals surface area contributed by atoms with Crippen LogP contribution in [0.2, 0.25) is 10.0 Å². The molecule has 8 nitrogen and oxygen atoms in total. The van der Waals surface area contributed by atoms with Gasteiger partial charge in [-0.05, 0) is 58.8 Å². The lowest BCUT2D eigenvalue weighted by molar-refractivity contribution is -0.143. The third kappa shape index (κ3) is 5.98. The molecule has 0 bridgehead atoms. The van der Waals surface area contributed by atoms with Crippen molar-refractivity contribution in [1.29, 1.82) is 0 Å². The van der Waals surface area contributed by atoms with E-state index in [0.717, 1.165) is 10.5 Å². The Morgan fingerprint density at radius 3 is 2.61 bits per heavy atom. The third-order valence-electron chi connectivity index (χ3n) is 4.51. The summed E-state index contributed by atoms with van der Waals surface area (Å²) < 4.78 is 16.7. The van der Waals surface area contributed by atoms with Gasteiger partial charge in [-0.25, -0.2) is 9.69 Å². The molecule has 1 aliphatic rings. The number of imide groups is 1. The van der Waals surface area contributed by atoms with Crippen molar-refractivity contribution >= 4 is 63.1 Å². The SMILES string of the molecule is CCOc1cc(/C=C2/NC(=O)N(CC(=O)OC)C2=O)cc(Br)c1OCc1ccc(Cl)cc1Cl. The number of carbonyl (C=O) groups is 3. The van der Waals surface area contributed by atoms with Crippen LogP contribution in [0.5, 0.6) is 11.5 Å². The maximum absolute atomic E-state index is 12.5. The first-order valence-electron chi connectivity index (χ1n) is 9.68. The number of ether oxygens (including phenoxy) is 3. The number of benzene rings is 2. The van der Waals surface area contributed by atoms with E-state index in [2.05, 4.69) is 26.0 Å². The van der Waals surface area contributed by atoms with E-state index in [4.69, 9.17) is 32.7 Å². The van der Waals surface area contributed by atoms with Gasteiger partial charge in [0.1, 0.15) is 18.8 Å². The Balaban J connectivity index is 1.85. The zero-order chi connectivity index (χ0) is 24.1. The van der Waals surface area contributed by atoms with Crippen molar-refractivity contribution in [2.45, 2.75) is 13.5 Å². The van der Waals surface area contributed by atoms with Gasteiger partial charge in [-0.3, -0.25) is 9.59 Å². The van der Waals surface area contributed by atoms with Crippen LogP contribution >= 0.6 is 39.1 Å². The largest absolute Gasteiger partial charge is 0.490 e. The van der Waals surface area contributed by atoms with E-state index in [9.17, 15) is 14.4 Å². The van der Waals surface area contributed by atoms with Crippen molar-refractivity contribution in [2.75, 3.05) is 20.3 Å². The Hall–Kier alpha value is -2.75. The number of nitrogens with zero attached hydrogens (tertiary/aromatic N) is 1. The highest BCUT2D eigenvalue weighted by Gasteiger charge is 2.35. The van der Waals surface area contributed by atoms with Crippen LogP contribution in [0.1, 0.15) is 18.1 Å².